The molecule has 35 heavy (non-hydrogen) atoms. The molecule has 2 heterocycles. The summed E-state index contributed by atoms with van der Waals surface area (Å²) in [6.45, 7) is 1.85. The maximum Gasteiger partial charge on any atom is 0.416 e. The Bertz CT molecular complexity index is 1360. The van der Waals surface area contributed by atoms with Crippen molar-refractivity contribution in [3.05, 3.63) is 101 Å². The van der Waals surface area contributed by atoms with E-state index in [0.29, 0.717) is 17.1 Å². The van der Waals surface area contributed by atoms with Crippen LogP contribution in [0.3, 0.4) is 0 Å². The van der Waals surface area contributed by atoms with Gasteiger partial charge in [0.15, 0.2) is 0 Å². The molecule has 0 bridgehead atoms. The first-order chi connectivity index (χ1) is 16.4. The molecule has 0 aliphatic heterocycles. The van der Waals surface area contributed by atoms with Crippen LogP contribution in [0.2, 0.25) is 0 Å². The van der Waals surface area contributed by atoms with Gasteiger partial charge in [-0.3, -0.25) is 9.97 Å². The number of aromatic nitrogens is 2. The molecule has 0 radical (unpaired) electrons. The third-order valence-corrected chi connectivity index (χ3v) is 5.88. The van der Waals surface area contributed by atoms with E-state index < -0.39 is 29.4 Å². The van der Waals surface area contributed by atoms with Gasteiger partial charge in [-0.15, -0.1) is 0 Å². The van der Waals surface area contributed by atoms with Gasteiger partial charge in [-0.05, 0) is 61.2 Å². The molecule has 1 atom stereocenters. The Morgan fingerprint density at radius 2 is 1.57 bits per heavy atom. The Kier molecular flexibility index (Phi) is 6.44. The SMILES string of the molecule is Cc1ccnc(CCC(c2ccc(C(F)(F)F)cc2C(F)(F)F)c2ccc3cccnc3c2O)c1. The van der Waals surface area contributed by atoms with Crippen LogP contribution in [0.1, 0.15) is 45.8 Å². The third-order valence-electron chi connectivity index (χ3n) is 5.88. The zero-order valence-electron chi connectivity index (χ0n) is 18.5. The van der Waals surface area contributed by atoms with Crippen molar-refractivity contribution in [1.82, 2.24) is 9.97 Å². The standard InChI is InChI=1S/C26H20F6N2O/c1-15-10-12-33-18(13-15)6-9-19(21-7-4-16-3-2-11-34-23(16)24(21)35)20-8-5-17(25(27,28)29)14-22(20)26(30,31)32/h2-5,7-8,10-14,19,35H,6,9H2,1H3. The zero-order chi connectivity index (χ0) is 25.4. The molecule has 0 saturated heterocycles. The number of aromatic hydroxyl groups is 1. The van der Waals surface area contributed by atoms with Gasteiger partial charge in [0.1, 0.15) is 11.3 Å². The number of fused-ring (bicyclic) bond motifs is 1. The van der Waals surface area contributed by atoms with Crippen molar-refractivity contribution >= 4 is 10.9 Å². The van der Waals surface area contributed by atoms with E-state index in [9.17, 15) is 31.4 Å². The molecule has 0 fully saturated rings. The summed E-state index contributed by atoms with van der Waals surface area (Å²) in [5, 5.41) is 11.5. The van der Waals surface area contributed by atoms with Crippen LogP contribution in [0.4, 0.5) is 26.3 Å². The van der Waals surface area contributed by atoms with Crippen molar-refractivity contribution in [2.24, 2.45) is 0 Å². The first-order valence-corrected chi connectivity index (χ1v) is 10.7. The molecule has 2 aromatic carbocycles. The van der Waals surface area contributed by atoms with E-state index >= 15 is 0 Å². The maximum absolute atomic E-state index is 14.0. The highest BCUT2D eigenvalue weighted by Gasteiger charge is 2.40. The van der Waals surface area contributed by atoms with Gasteiger partial charge < -0.3 is 5.11 Å². The minimum Gasteiger partial charge on any atom is -0.505 e. The van der Waals surface area contributed by atoms with Crippen molar-refractivity contribution < 1.29 is 31.4 Å². The largest absolute Gasteiger partial charge is 0.505 e. The molecule has 2 aromatic heterocycles. The number of benzene rings is 2. The summed E-state index contributed by atoms with van der Waals surface area (Å²) < 4.78 is 81.7. The molecule has 9 heteroatoms. The minimum atomic E-state index is -5.04. The number of phenolic OH excluding ortho intramolecular Hbond substituents is 1. The van der Waals surface area contributed by atoms with Gasteiger partial charge in [-0.25, -0.2) is 0 Å². The second-order valence-corrected chi connectivity index (χ2v) is 8.29. The van der Waals surface area contributed by atoms with Crippen LogP contribution in [-0.2, 0) is 18.8 Å². The fourth-order valence-electron chi connectivity index (χ4n) is 4.21. The highest BCUT2D eigenvalue weighted by molar-refractivity contribution is 5.85. The number of halogens is 6. The number of nitrogens with zero attached hydrogens (tertiary/aromatic N) is 2. The summed E-state index contributed by atoms with van der Waals surface area (Å²) >= 11 is 0. The van der Waals surface area contributed by atoms with Crippen molar-refractivity contribution in [1.29, 1.82) is 0 Å². The lowest BCUT2D eigenvalue weighted by Gasteiger charge is -2.24. The molecule has 0 spiro atoms. The average Bonchev–Trinajstić information content (AvgIpc) is 2.79. The summed E-state index contributed by atoms with van der Waals surface area (Å²) in [7, 11) is 0. The Balaban J connectivity index is 1.89. The van der Waals surface area contributed by atoms with Crippen LogP contribution in [0.25, 0.3) is 10.9 Å². The van der Waals surface area contributed by atoms with Gasteiger partial charge in [-0.2, -0.15) is 26.3 Å². The van der Waals surface area contributed by atoms with E-state index in [4.69, 9.17) is 0 Å². The smallest absolute Gasteiger partial charge is 0.416 e. The molecule has 1 N–H and O–H groups in total. The normalized spacial score (nSPS) is 13.2. The van der Waals surface area contributed by atoms with Crippen LogP contribution in [-0.4, -0.2) is 15.1 Å². The lowest BCUT2D eigenvalue weighted by atomic mass is 9.82. The van der Waals surface area contributed by atoms with E-state index in [1.807, 2.05) is 6.92 Å². The van der Waals surface area contributed by atoms with Crippen LogP contribution >= 0.6 is 0 Å². The number of phenols is 1. The highest BCUT2D eigenvalue weighted by Crippen LogP contribution is 2.45. The van der Waals surface area contributed by atoms with E-state index in [-0.39, 0.29) is 41.3 Å². The summed E-state index contributed by atoms with van der Waals surface area (Å²) in [6.07, 6.45) is -6.65. The third kappa shape index (κ3) is 5.23. The molecule has 1 unspecified atom stereocenters. The van der Waals surface area contributed by atoms with Crippen LogP contribution in [0.5, 0.6) is 5.75 Å². The first kappa shape index (κ1) is 24.5. The Morgan fingerprint density at radius 3 is 2.26 bits per heavy atom. The number of pyridine rings is 2. The summed E-state index contributed by atoms with van der Waals surface area (Å²) in [6, 6.07) is 11.6. The molecular weight excluding hydrogens is 470 g/mol. The van der Waals surface area contributed by atoms with Crippen LogP contribution < -0.4 is 0 Å². The lowest BCUT2D eigenvalue weighted by Crippen LogP contribution is -2.16. The molecule has 182 valence electrons. The number of rotatable bonds is 5. The van der Waals surface area contributed by atoms with Gasteiger partial charge >= 0.3 is 12.4 Å². The van der Waals surface area contributed by atoms with E-state index in [2.05, 4.69) is 9.97 Å². The number of hydrogen-bond acceptors (Lipinski definition) is 3. The monoisotopic (exact) mass is 490 g/mol. The summed E-state index contributed by atoms with van der Waals surface area (Å²) in [5.74, 6) is -1.37. The fraction of sp³-hybridized carbons (Fsp3) is 0.231. The molecule has 3 nitrogen and oxygen atoms in total. The summed E-state index contributed by atoms with van der Waals surface area (Å²) in [4.78, 5) is 8.37. The molecule has 0 amide bonds. The van der Waals surface area contributed by atoms with Gasteiger partial charge in [0.25, 0.3) is 0 Å². The second-order valence-electron chi connectivity index (χ2n) is 8.29. The summed E-state index contributed by atoms with van der Waals surface area (Å²) in [5.41, 5.74) is -1.27. The number of aryl methyl sites for hydroxylation is 2. The predicted octanol–water partition coefficient (Wildman–Crippen LogP) is 7.45. The van der Waals surface area contributed by atoms with E-state index in [1.54, 1.807) is 36.5 Å². The molecule has 0 saturated carbocycles. The topological polar surface area (TPSA) is 46.0 Å². The van der Waals surface area contributed by atoms with Crippen molar-refractivity contribution in [2.75, 3.05) is 0 Å². The fourth-order valence-corrected chi connectivity index (χ4v) is 4.21. The molecule has 4 rings (SSSR count). The minimum absolute atomic E-state index is 0.0663. The quantitative estimate of drug-likeness (QED) is 0.296. The molecule has 0 aliphatic carbocycles. The Morgan fingerprint density at radius 1 is 0.829 bits per heavy atom. The van der Waals surface area contributed by atoms with Gasteiger partial charge in [0, 0.05) is 35.0 Å². The molecule has 0 aliphatic rings. The number of alkyl halides is 6. The average molecular weight is 490 g/mol. The Hall–Kier alpha value is -3.62. The van der Waals surface area contributed by atoms with Crippen molar-refractivity contribution in [3.8, 4) is 5.75 Å². The predicted molar refractivity (Wildman–Crippen MR) is 119 cm³/mol. The lowest BCUT2D eigenvalue weighted by molar-refractivity contribution is -0.143. The zero-order valence-corrected chi connectivity index (χ0v) is 18.5. The first-order valence-electron chi connectivity index (χ1n) is 10.7. The van der Waals surface area contributed by atoms with E-state index in [1.165, 1.54) is 12.3 Å². The van der Waals surface area contributed by atoms with Crippen LogP contribution in [0, 0.1) is 6.92 Å². The van der Waals surface area contributed by atoms with Gasteiger partial charge in [0.2, 0.25) is 0 Å². The van der Waals surface area contributed by atoms with Crippen LogP contribution in [0.15, 0.2) is 67.0 Å². The maximum atomic E-state index is 14.0. The molecular formula is C26H20F6N2O. The van der Waals surface area contributed by atoms with Gasteiger partial charge in [-0.1, -0.05) is 24.3 Å². The number of hydrogen-bond donors (Lipinski definition) is 1. The van der Waals surface area contributed by atoms with Crippen molar-refractivity contribution in [2.45, 2.75) is 38.0 Å². The van der Waals surface area contributed by atoms with Gasteiger partial charge in [0.05, 0.1) is 11.1 Å². The van der Waals surface area contributed by atoms with E-state index in [0.717, 1.165) is 11.6 Å². The highest BCUT2D eigenvalue weighted by atomic mass is 19.4. The van der Waals surface area contributed by atoms with Crippen molar-refractivity contribution in [3.63, 3.8) is 0 Å². The second kappa shape index (κ2) is 9.20. The Labute approximate surface area is 197 Å². The molecule has 4 aromatic rings.